The second-order valence-corrected chi connectivity index (χ2v) is 34.0. The molecule has 0 aromatic heterocycles. The SMILES string of the molecule is CCCCCCCCCCCCCCCCCCCCCCCCC(=O)O[C@H](COC(=O)CCCCCCCCCCCCCCCCCCCCCC)COP(=O)(O)OC[C@@H](O)COP(=O)(O)OC[C@@H](COC(=O)CCCCCCCCC(C)C)OC(=O)CCCCCCCCCCCCCCC. The number of hydrogen-bond donors (Lipinski definition) is 3. The van der Waals surface area contributed by atoms with Crippen molar-refractivity contribution in [1.29, 1.82) is 0 Å². The van der Waals surface area contributed by atoms with Gasteiger partial charge in [0.15, 0.2) is 12.2 Å². The summed E-state index contributed by atoms with van der Waals surface area (Å²) in [4.78, 5) is 73.1. The number of aliphatic hydroxyl groups is 1. The Bertz CT molecular complexity index is 1980. The molecule has 104 heavy (non-hydrogen) atoms. The minimum absolute atomic E-state index is 0.107. The number of esters is 4. The fraction of sp³-hybridized carbons (Fsp3) is 0.953. The van der Waals surface area contributed by atoms with Crippen LogP contribution in [0.5, 0.6) is 0 Å². The summed E-state index contributed by atoms with van der Waals surface area (Å²) in [5, 5.41) is 10.7. The Balaban J connectivity index is 5.18. The zero-order valence-corrected chi connectivity index (χ0v) is 70.0. The van der Waals surface area contributed by atoms with E-state index in [0.29, 0.717) is 31.6 Å². The molecule has 19 heteroatoms. The van der Waals surface area contributed by atoms with Crippen molar-refractivity contribution in [3.05, 3.63) is 0 Å². The van der Waals surface area contributed by atoms with E-state index < -0.39 is 97.5 Å². The summed E-state index contributed by atoms with van der Waals surface area (Å²) in [5.41, 5.74) is 0. The minimum Gasteiger partial charge on any atom is -0.462 e. The van der Waals surface area contributed by atoms with Gasteiger partial charge in [-0.1, -0.05) is 407 Å². The highest BCUT2D eigenvalue weighted by molar-refractivity contribution is 7.47. The van der Waals surface area contributed by atoms with Crippen molar-refractivity contribution in [2.24, 2.45) is 5.92 Å². The molecule has 0 aliphatic rings. The zero-order chi connectivity index (χ0) is 76.2. The predicted molar refractivity (Wildman–Crippen MR) is 428 cm³/mol. The van der Waals surface area contributed by atoms with Crippen LogP contribution in [0.1, 0.15) is 458 Å². The van der Waals surface area contributed by atoms with Gasteiger partial charge >= 0.3 is 39.5 Å². The number of aliphatic hydroxyl groups excluding tert-OH is 1. The molecule has 5 atom stereocenters. The average molecular weight is 1520 g/mol. The number of carbonyl (C=O) groups is 4. The lowest BCUT2D eigenvalue weighted by Crippen LogP contribution is -2.30. The summed E-state index contributed by atoms with van der Waals surface area (Å²) in [6, 6.07) is 0. The fourth-order valence-electron chi connectivity index (χ4n) is 13.3. The third-order valence-corrected chi connectivity index (χ3v) is 21.9. The van der Waals surface area contributed by atoms with Crippen LogP contribution < -0.4 is 0 Å². The molecular weight excluding hydrogens is 1350 g/mol. The first kappa shape index (κ1) is 102. The van der Waals surface area contributed by atoms with Crippen LogP contribution in [-0.2, 0) is 65.4 Å². The molecule has 618 valence electrons. The van der Waals surface area contributed by atoms with Gasteiger partial charge in [0.1, 0.15) is 19.3 Å². The first-order valence-corrected chi connectivity index (χ1v) is 47.1. The van der Waals surface area contributed by atoms with Gasteiger partial charge in [0.25, 0.3) is 0 Å². The maximum absolute atomic E-state index is 13.1. The summed E-state index contributed by atoms with van der Waals surface area (Å²) >= 11 is 0. The minimum atomic E-state index is -4.96. The predicted octanol–water partition coefficient (Wildman–Crippen LogP) is 26.0. The lowest BCUT2D eigenvalue weighted by molar-refractivity contribution is -0.161. The van der Waals surface area contributed by atoms with Crippen LogP contribution in [0.25, 0.3) is 0 Å². The quantitative estimate of drug-likeness (QED) is 0.0222. The second kappa shape index (κ2) is 77.8. The molecule has 17 nitrogen and oxygen atoms in total. The van der Waals surface area contributed by atoms with Crippen LogP contribution >= 0.6 is 15.6 Å². The third-order valence-electron chi connectivity index (χ3n) is 20.0. The number of unbranched alkanes of at least 4 members (excludes halogenated alkanes) is 57. The maximum Gasteiger partial charge on any atom is 0.472 e. The van der Waals surface area contributed by atoms with Crippen molar-refractivity contribution in [2.75, 3.05) is 39.6 Å². The maximum atomic E-state index is 13.1. The van der Waals surface area contributed by atoms with Crippen molar-refractivity contribution in [3.63, 3.8) is 0 Å². The number of ether oxygens (including phenoxy) is 4. The molecular formula is C85H166O17P2. The van der Waals surface area contributed by atoms with E-state index in [4.69, 9.17) is 37.0 Å². The van der Waals surface area contributed by atoms with Crippen molar-refractivity contribution >= 4 is 39.5 Å². The van der Waals surface area contributed by atoms with Crippen LogP contribution in [0.2, 0.25) is 0 Å². The molecule has 0 saturated heterocycles. The Morgan fingerprint density at radius 3 is 0.654 bits per heavy atom. The van der Waals surface area contributed by atoms with Gasteiger partial charge in [0, 0.05) is 25.7 Å². The highest BCUT2D eigenvalue weighted by atomic mass is 31.2. The number of hydrogen-bond acceptors (Lipinski definition) is 15. The number of phosphoric ester groups is 2. The molecule has 0 spiro atoms. The number of phosphoric acid groups is 2. The smallest absolute Gasteiger partial charge is 0.462 e. The van der Waals surface area contributed by atoms with E-state index in [-0.39, 0.29) is 25.7 Å². The van der Waals surface area contributed by atoms with Crippen LogP contribution in [0.4, 0.5) is 0 Å². The fourth-order valence-corrected chi connectivity index (χ4v) is 14.9. The van der Waals surface area contributed by atoms with E-state index in [0.717, 1.165) is 96.3 Å². The van der Waals surface area contributed by atoms with Gasteiger partial charge in [-0.3, -0.25) is 37.3 Å². The van der Waals surface area contributed by atoms with Crippen LogP contribution in [-0.4, -0.2) is 96.7 Å². The van der Waals surface area contributed by atoms with Gasteiger partial charge in [0.05, 0.1) is 26.4 Å². The van der Waals surface area contributed by atoms with Gasteiger partial charge in [-0.2, -0.15) is 0 Å². The molecule has 0 fully saturated rings. The molecule has 2 unspecified atom stereocenters. The highest BCUT2D eigenvalue weighted by Crippen LogP contribution is 2.45. The van der Waals surface area contributed by atoms with Gasteiger partial charge in [-0.25, -0.2) is 9.13 Å². The molecule has 3 N–H and O–H groups in total. The van der Waals surface area contributed by atoms with E-state index in [1.165, 1.54) is 276 Å². The molecule has 0 radical (unpaired) electrons. The molecule has 0 saturated carbocycles. The first-order valence-electron chi connectivity index (χ1n) is 44.1. The highest BCUT2D eigenvalue weighted by Gasteiger charge is 2.30. The molecule has 0 aromatic carbocycles. The van der Waals surface area contributed by atoms with E-state index in [2.05, 4.69) is 34.6 Å². The summed E-state index contributed by atoms with van der Waals surface area (Å²) in [5.74, 6) is -1.43. The van der Waals surface area contributed by atoms with E-state index in [1.807, 2.05) is 0 Å². The van der Waals surface area contributed by atoms with Gasteiger partial charge < -0.3 is 33.8 Å². The average Bonchev–Trinajstić information content (AvgIpc) is 0.905. The van der Waals surface area contributed by atoms with Gasteiger partial charge in [-0.15, -0.1) is 0 Å². The van der Waals surface area contributed by atoms with E-state index >= 15 is 0 Å². The Labute approximate surface area is 638 Å². The molecule has 0 bridgehead atoms. The lowest BCUT2D eigenvalue weighted by Gasteiger charge is -2.21. The second-order valence-electron chi connectivity index (χ2n) is 31.1. The van der Waals surface area contributed by atoms with E-state index in [1.54, 1.807) is 0 Å². The summed E-state index contributed by atoms with van der Waals surface area (Å²) in [6.07, 6.45) is 71.2. The Kier molecular flexibility index (Phi) is 76.3. The molecule has 0 amide bonds. The number of carbonyl (C=O) groups excluding carboxylic acids is 4. The Morgan fingerprint density at radius 1 is 0.260 bits per heavy atom. The van der Waals surface area contributed by atoms with Crippen molar-refractivity contribution in [2.45, 2.75) is 477 Å². The third kappa shape index (κ3) is 78.2. The molecule has 0 heterocycles. The molecule has 0 aliphatic carbocycles. The monoisotopic (exact) mass is 1520 g/mol. The van der Waals surface area contributed by atoms with Crippen LogP contribution in [0, 0.1) is 5.92 Å². The lowest BCUT2D eigenvalue weighted by atomic mass is 10.0. The van der Waals surface area contributed by atoms with Gasteiger partial charge in [0.2, 0.25) is 0 Å². The topological polar surface area (TPSA) is 237 Å². The summed E-state index contributed by atoms with van der Waals surface area (Å²) in [6.45, 7) is 7.26. The van der Waals surface area contributed by atoms with Crippen LogP contribution in [0.15, 0.2) is 0 Å². The standard InChI is InChI=1S/C85H166O17P2/c1-6-9-12-15-18-21-24-27-29-31-33-35-36-38-40-42-45-48-51-54-61-66-71-84(89)101-80(74-95-82(87)68-63-58-52-49-46-44-41-39-37-34-32-30-28-25-22-19-16-13-10-7-2)76-99-103(91,92)97-72-79(86)73-98-104(93,94)100-77-81(75-96-83(88)69-64-59-56-55-57-62-67-78(4)5)102-85(90)70-65-60-53-50-47-43-26-23-20-17-14-11-8-3/h78-81,86H,6-77H2,1-5H3,(H,91,92)(H,93,94)/t79-,80-,81-/m1/s1. The van der Waals surface area contributed by atoms with Crippen molar-refractivity contribution in [3.8, 4) is 0 Å². The Morgan fingerprint density at radius 2 is 0.442 bits per heavy atom. The van der Waals surface area contributed by atoms with Crippen molar-refractivity contribution < 1.29 is 80.2 Å². The van der Waals surface area contributed by atoms with E-state index in [9.17, 15) is 43.2 Å². The largest absolute Gasteiger partial charge is 0.472 e. The number of rotatable bonds is 85. The first-order chi connectivity index (χ1) is 50.5. The van der Waals surface area contributed by atoms with Gasteiger partial charge in [-0.05, 0) is 31.6 Å². The Hall–Kier alpha value is -1.94. The summed E-state index contributed by atoms with van der Waals surface area (Å²) in [7, 11) is -9.92. The molecule has 0 rings (SSSR count). The molecule has 0 aliphatic heterocycles. The molecule has 0 aromatic rings. The zero-order valence-electron chi connectivity index (χ0n) is 68.2. The normalized spacial score (nSPS) is 13.8. The van der Waals surface area contributed by atoms with Crippen molar-refractivity contribution in [1.82, 2.24) is 0 Å². The summed E-state index contributed by atoms with van der Waals surface area (Å²) < 4.78 is 68.8. The van der Waals surface area contributed by atoms with Crippen LogP contribution in [0.3, 0.4) is 0 Å².